The second kappa shape index (κ2) is 19.5. The standard InChI is InChI=1S/C39H54Cl2F3N3O7S/c1-4-5-6-7-8-9-10-11-12-13-21-51-35-34(52-37-36(35)53-38(2,3)54-37)32(45-55(49,50)31-24-28(40)23-29(41)25-31)26-33(48)47-19-17-46(18-20-47)30-16-14-15-27(22-30)39(42,43)44/h14-16,22-25,32,34-37,45H,4-13,17-21,26H2,1-3H3. The van der Waals surface area contributed by atoms with Crippen molar-refractivity contribution in [3.8, 4) is 0 Å². The van der Waals surface area contributed by atoms with Crippen LogP contribution in [0.5, 0.6) is 0 Å². The first-order valence-corrected chi connectivity index (χ1v) is 21.6. The first kappa shape index (κ1) is 43.9. The van der Waals surface area contributed by atoms with Gasteiger partial charge in [0.15, 0.2) is 12.1 Å². The maximum atomic E-state index is 14.0. The molecule has 0 radical (unpaired) electrons. The van der Waals surface area contributed by atoms with Crippen LogP contribution >= 0.6 is 23.2 Å². The molecule has 3 fully saturated rings. The van der Waals surface area contributed by atoms with Gasteiger partial charge in [0.25, 0.3) is 0 Å². The second-order valence-electron chi connectivity index (χ2n) is 15.0. The Hall–Kier alpha value is -2.17. The fourth-order valence-corrected chi connectivity index (χ4v) is 9.38. The van der Waals surface area contributed by atoms with E-state index in [1.165, 1.54) is 62.8 Å². The third kappa shape index (κ3) is 12.4. The molecule has 55 heavy (non-hydrogen) atoms. The molecule has 3 aliphatic rings. The fraction of sp³-hybridized carbons (Fsp3) is 0.667. The van der Waals surface area contributed by atoms with Gasteiger partial charge >= 0.3 is 6.18 Å². The molecule has 0 spiro atoms. The molecule has 5 rings (SSSR count). The molecule has 3 saturated heterocycles. The minimum Gasteiger partial charge on any atom is -0.373 e. The topological polar surface area (TPSA) is 107 Å². The fourth-order valence-electron chi connectivity index (χ4n) is 7.41. The molecule has 0 aliphatic carbocycles. The van der Waals surface area contributed by atoms with Crippen LogP contribution in [-0.4, -0.2) is 88.4 Å². The van der Waals surface area contributed by atoms with E-state index in [0.717, 1.165) is 37.8 Å². The van der Waals surface area contributed by atoms with Gasteiger partial charge in [0, 0.05) is 54.9 Å². The maximum Gasteiger partial charge on any atom is 0.416 e. The lowest BCUT2D eigenvalue weighted by Crippen LogP contribution is -2.54. The minimum absolute atomic E-state index is 0.118. The lowest BCUT2D eigenvalue weighted by atomic mass is 10.0. The van der Waals surface area contributed by atoms with E-state index in [9.17, 15) is 26.4 Å². The van der Waals surface area contributed by atoms with Crippen LogP contribution < -0.4 is 9.62 Å². The van der Waals surface area contributed by atoms with Crippen LogP contribution in [-0.2, 0) is 39.9 Å². The second-order valence-corrected chi connectivity index (χ2v) is 17.6. The highest BCUT2D eigenvalue weighted by molar-refractivity contribution is 7.89. The van der Waals surface area contributed by atoms with E-state index in [1.807, 2.05) is 0 Å². The zero-order chi connectivity index (χ0) is 39.8. The Bertz CT molecular complexity index is 1660. The SMILES string of the molecule is CCCCCCCCCCCCOC1C(C(CC(=O)N2CCN(c3cccc(C(F)(F)F)c3)CC2)NS(=O)(=O)c2cc(Cl)cc(Cl)c2)OC2OC(C)(C)OC21. The normalized spacial score (nSPS) is 23.3. The van der Waals surface area contributed by atoms with Crippen molar-refractivity contribution in [3.05, 3.63) is 58.1 Å². The van der Waals surface area contributed by atoms with E-state index in [0.29, 0.717) is 12.3 Å². The van der Waals surface area contributed by atoms with Gasteiger partial charge in [-0.2, -0.15) is 13.2 Å². The largest absolute Gasteiger partial charge is 0.416 e. The van der Waals surface area contributed by atoms with E-state index < -0.39 is 58.2 Å². The van der Waals surface area contributed by atoms with Crippen molar-refractivity contribution in [1.82, 2.24) is 9.62 Å². The summed E-state index contributed by atoms with van der Waals surface area (Å²) in [6.45, 7) is 7.12. The number of anilines is 1. The number of sulfonamides is 1. The quantitative estimate of drug-likeness (QED) is 0.140. The molecule has 16 heteroatoms. The van der Waals surface area contributed by atoms with Crippen molar-refractivity contribution in [2.24, 2.45) is 0 Å². The number of hydrogen-bond acceptors (Lipinski definition) is 8. The molecule has 0 bridgehead atoms. The first-order valence-electron chi connectivity index (χ1n) is 19.4. The number of alkyl halides is 3. The van der Waals surface area contributed by atoms with E-state index in [2.05, 4.69) is 11.6 Å². The zero-order valence-corrected chi connectivity index (χ0v) is 34.1. The number of benzene rings is 2. The Labute approximate surface area is 333 Å². The molecule has 5 atom stereocenters. The number of carbonyl (C=O) groups excluding carboxylic acids is 1. The summed E-state index contributed by atoms with van der Waals surface area (Å²) in [5.74, 6) is -1.34. The van der Waals surface area contributed by atoms with Gasteiger partial charge < -0.3 is 28.7 Å². The van der Waals surface area contributed by atoms with Gasteiger partial charge in [0.05, 0.1) is 16.5 Å². The van der Waals surface area contributed by atoms with Crippen LogP contribution in [0.3, 0.4) is 0 Å². The molecule has 2 aromatic rings. The Morgan fingerprint density at radius 3 is 2.16 bits per heavy atom. The summed E-state index contributed by atoms with van der Waals surface area (Å²) in [6, 6.07) is 7.90. The summed E-state index contributed by atoms with van der Waals surface area (Å²) in [5, 5.41) is 0.236. The number of ether oxygens (including phenoxy) is 4. The van der Waals surface area contributed by atoms with Gasteiger partial charge in [0.2, 0.25) is 15.9 Å². The van der Waals surface area contributed by atoms with E-state index in [-0.39, 0.29) is 53.4 Å². The van der Waals surface area contributed by atoms with Crippen molar-refractivity contribution in [2.75, 3.05) is 37.7 Å². The number of hydrogen-bond donors (Lipinski definition) is 1. The van der Waals surface area contributed by atoms with Gasteiger partial charge in [-0.15, -0.1) is 0 Å². The molecule has 2 aromatic carbocycles. The van der Waals surface area contributed by atoms with Crippen molar-refractivity contribution in [1.29, 1.82) is 0 Å². The van der Waals surface area contributed by atoms with E-state index >= 15 is 0 Å². The van der Waals surface area contributed by atoms with Gasteiger partial charge in [0.1, 0.15) is 18.3 Å². The highest BCUT2D eigenvalue weighted by atomic mass is 35.5. The minimum atomic E-state index is -4.48. The van der Waals surface area contributed by atoms with Crippen LogP contribution in [0.1, 0.15) is 97.0 Å². The summed E-state index contributed by atoms with van der Waals surface area (Å²) in [6.07, 6.45) is 3.46. The van der Waals surface area contributed by atoms with Gasteiger partial charge in [-0.25, -0.2) is 13.1 Å². The predicted molar refractivity (Wildman–Crippen MR) is 206 cm³/mol. The van der Waals surface area contributed by atoms with Crippen LogP contribution in [0.25, 0.3) is 0 Å². The van der Waals surface area contributed by atoms with Crippen molar-refractivity contribution in [2.45, 2.75) is 139 Å². The molecule has 10 nitrogen and oxygen atoms in total. The Kier molecular flexibility index (Phi) is 15.6. The summed E-state index contributed by atoms with van der Waals surface area (Å²) in [5.41, 5.74) is -0.341. The van der Waals surface area contributed by atoms with Gasteiger partial charge in [-0.05, 0) is 56.7 Å². The smallest absolute Gasteiger partial charge is 0.373 e. The monoisotopic (exact) mass is 835 g/mol. The number of rotatable bonds is 19. The third-order valence-corrected chi connectivity index (χ3v) is 12.2. The summed E-state index contributed by atoms with van der Waals surface area (Å²) < 4.78 is 95.6. The molecule has 0 saturated carbocycles. The Morgan fingerprint density at radius 1 is 0.927 bits per heavy atom. The van der Waals surface area contributed by atoms with Crippen LogP contribution in [0, 0.1) is 0 Å². The molecule has 0 aromatic heterocycles. The van der Waals surface area contributed by atoms with Crippen LogP contribution in [0.15, 0.2) is 47.4 Å². The Morgan fingerprint density at radius 2 is 1.55 bits per heavy atom. The number of nitrogens with zero attached hydrogens (tertiary/aromatic N) is 2. The molecule has 5 unspecified atom stereocenters. The number of unbranched alkanes of at least 4 members (excludes halogenated alkanes) is 9. The zero-order valence-electron chi connectivity index (χ0n) is 31.8. The molecule has 3 aliphatic heterocycles. The number of halogens is 5. The molecule has 1 N–H and O–H groups in total. The van der Waals surface area contributed by atoms with E-state index in [4.69, 9.17) is 42.1 Å². The van der Waals surface area contributed by atoms with Crippen molar-refractivity contribution < 1.29 is 45.3 Å². The predicted octanol–water partition coefficient (Wildman–Crippen LogP) is 8.58. The van der Waals surface area contributed by atoms with Crippen molar-refractivity contribution >= 4 is 44.8 Å². The third-order valence-electron chi connectivity index (χ3n) is 10.3. The number of carbonyl (C=O) groups is 1. The number of nitrogens with one attached hydrogen (secondary N) is 1. The number of piperazine rings is 1. The highest BCUT2D eigenvalue weighted by Crippen LogP contribution is 2.41. The van der Waals surface area contributed by atoms with Crippen LogP contribution in [0.2, 0.25) is 10.0 Å². The first-order chi connectivity index (χ1) is 26.1. The molecular formula is C39H54Cl2F3N3O7S. The summed E-state index contributed by atoms with van der Waals surface area (Å²) in [7, 11) is -4.30. The molecule has 1 amide bonds. The van der Waals surface area contributed by atoms with E-state index in [1.54, 1.807) is 29.7 Å². The van der Waals surface area contributed by atoms with Gasteiger partial charge in [-0.1, -0.05) is 94.0 Å². The molecule has 3 heterocycles. The lowest BCUT2D eigenvalue weighted by Gasteiger charge is -2.37. The molecular weight excluding hydrogens is 782 g/mol. The summed E-state index contributed by atoms with van der Waals surface area (Å²) >= 11 is 12.3. The average Bonchev–Trinajstić information content (AvgIpc) is 3.61. The van der Waals surface area contributed by atoms with Crippen molar-refractivity contribution in [3.63, 3.8) is 0 Å². The maximum absolute atomic E-state index is 14.0. The number of amides is 1. The van der Waals surface area contributed by atoms with Crippen LogP contribution in [0.4, 0.5) is 18.9 Å². The van der Waals surface area contributed by atoms with Gasteiger partial charge in [-0.3, -0.25) is 4.79 Å². The highest BCUT2D eigenvalue weighted by Gasteiger charge is 2.57. The average molecular weight is 837 g/mol. The lowest BCUT2D eigenvalue weighted by molar-refractivity contribution is -0.221. The molecule has 308 valence electrons. The Balaban J connectivity index is 1.28. The number of fused-ring (bicyclic) bond motifs is 1. The summed E-state index contributed by atoms with van der Waals surface area (Å²) in [4.78, 5) is 17.1.